The van der Waals surface area contributed by atoms with Gasteiger partial charge in [-0.3, -0.25) is 9.59 Å². The van der Waals surface area contributed by atoms with E-state index in [0.717, 1.165) is 50.8 Å². The molecule has 11 heteroatoms. The molecule has 0 bridgehead atoms. The lowest BCUT2D eigenvalue weighted by atomic mass is 9.83. The molecule has 2 aromatic heterocycles. The van der Waals surface area contributed by atoms with Crippen molar-refractivity contribution in [1.82, 2.24) is 31.3 Å². The van der Waals surface area contributed by atoms with Crippen molar-refractivity contribution in [3.63, 3.8) is 0 Å². The zero-order valence-corrected chi connectivity index (χ0v) is 15.8. The number of nitrogens with one attached hydrogen (secondary N) is 3. The lowest BCUT2D eigenvalue weighted by Gasteiger charge is -2.40. The first kappa shape index (κ1) is 19.4. The molecule has 0 unspecified atom stereocenters. The number of thiophene rings is 1. The summed E-state index contributed by atoms with van der Waals surface area (Å²) in [5.74, 6) is -0.462. The molecule has 2 aromatic rings. The zero-order valence-electron chi connectivity index (χ0n) is 14.9. The van der Waals surface area contributed by atoms with Gasteiger partial charge in [-0.2, -0.15) is 5.21 Å². The number of aromatic amines is 1. The molecule has 1 saturated heterocycles. The number of aromatic nitrogens is 4. The van der Waals surface area contributed by atoms with E-state index in [-0.39, 0.29) is 18.1 Å². The molecule has 0 aliphatic carbocycles. The highest BCUT2D eigenvalue weighted by Crippen LogP contribution is 2.43. The van der Waals surface area contributed by atoms with Gasteiger partial charge in [0.25, 0.3) is 11.9 Å². The van der Waals surface area contributed by atoms with Crippen molar-refractivity contribution in [2.24, 2.45) is 0 Å². The minimum Gasteiger partial charge on any atom is -0.481 e. The molecule has 27 heavy (non-hydrogen) atoms. The highest BCUT2D eigenvalue weighted by molar-refractivity contribution is 7.14. The summed E-state index contributed by atoms with van der Waals surface area (Å²) in [5.41, 5.74) is 1.00. The molecular formula is C16H22N6O4S. The first-order chi connectivity index (χ1) is 13.0. The molecule has 0 saturated carbocycles. The molecule has 0 atom stereocenters. The van der Waals surface area contributed by atoms with Crippen molar-refractivity contribution >= 4 is 23.2 Å². The number of nitrogens with zero attached hydrogens (tertiary/aromatic N) is 3. The topological polar surface area (TPSA) is 142 Å². The Balaban J connectivity index is 0.000000481. The molecule has 10 nitrogen and oxygen atoms in total. The van der Waals surface area contributed by atoms with Crippen molar-refractivity contribution in [2.75, 3.05) is 19.7 Å². The molecule has 4 rings (SSSR count). The number of ether oxygens (including phenoxy) is 1. The Morgan fingerprint density at radius 1 is 1.41 bits per heavy atom. The average Bonchev–Trinajstić information content (AvgIpc) is 3.30. The van der Waals surface area contributed by atoms with E-state index in [0.29, 0.717) is 5.82 Å². The van der Waals surface area contributed by atoms with Crippen LogP contribution in [-0.4, -0.2) is 57.3 Å². The molecule has 2 aliphatic rings. The maximum atomic E-state index is 12.4. The Morgan fingerprint density at radius 3 is 2.81 bits per heavy atom. The summed E-state index contributed by atoms with van der Waals surface area (Å²) in [6.45, 7) is 3.99. The minimum atomic E-state index is -0.833. The predicted octanol–water partition coefficient (Wildman–Crippen LogP) is 0.433. The number of carboxylic acid groups (broad SMARTS) is 1. The van der Waals surface area contributed by atoms with Crippen LogP contribution in [0.4, 0.5) is 0 Å². The number of hydrogen-bond acceptors (Lipinski definition) is 8. The third kappa shape index (κ3) is 4.67. The maximum absolute atomic E-state index is 12.4. The van der Waals surface area contributed by atoms with E-state index in [1.165, 1.54) is 10.4 Å². The highest BCUT2D eigenvalue weighted by Gasteiger charge is 2.40. The van der Waals surface area contributed by atoms with Gasteiger partial charge in [0.2, 0.25) is 0 Å². The van der Waals surface area contributed by atoms with Crippen LogP contribution in [0, 0.1) is 0 Å². The number of piperidine rings is 1. The summed E-state index contributed by atoms with van der Waals surface area (Å²) in [7, 11) is 0. The fourth-order valence-corrected chi connectivity index (χ4v) is 4.42. The Labute approximate surface area is 159 Å². The number of aliphatic carboxylic acids is 1. The molecule has 2 aliphatic heterocycles. The second kappa shape index (κ2) is 8.55. The number of rotatable bonds is 3. The lowest BCUT2D eigenvalue weighted by Crippen LogP contribution is -2.44. The van der Waals surface area contributed by atoms with Crippen LogP contribution in [0.15, 0.2) is 6.07 Å². The smallest absolute Gasteiger partial charge is 0.300 e. The molecule has 1 spiro atoms. The SMILES string of the molecule is CC(=O)O.O=C(NCc1nn[nH]n1)c1cc2c(s1)CCOC21CCNCC1. The van der Waals surface area contributed by atoms with Crippen LogP contribution in [-0.2, 0) is 28.1 Å². The summed E-state index contributed by atoms with van der Waals surface area (Å²) in [5, 5.41) is 27.1. The second-order valence-corrected chi connectivity index (χ2v) is 7.46. The highest BCUT2D eigenvalue weighted by atomic mass is 32.1. The first-order valence-electron chi connectivity index (χ1n) is 8.68. The number of carbonyl (C=O) groups excluding carboxylic acids is 1. The summed E-state index contributed by atoms with van der Waals surface area (Å²) < 4.78 is 6.15. The fraction of sp³-hybridized carbons (Fsp3) is 0.562. The molecule has 0 aromatic carbocycles. The molecular weight excluding hydrogens is 372 g/mol. The third-order valence-electron chi connectivity index (χ3n) is 4.44. The van der Waals surface area contributed by atoms with E-state index < -0.39 is 5.97 Å². The number of carboxylic acids is 1. The van der Waals surface area contributed by atoms with Gasteiger partial charge in [0.05, 0.1) is 23.6 Å². The molecule has 0 radical (unpaired) electrons. The molecule has 4 N–H and O–H groups in total. The van der Waals surface area contributed by atoms with Gasteiger partial charge in [-0.25, -0.2) is 0 Å². The number of amides is 1. The quantitative estimate of drug-likeness (QED) is 0.587. The number of H-pyrrole nitrogens is 1. The largest absolute Gasteiger partial charge is 0.481 e. The molecule has 1 amide bonds. The average molecular weight is 394 g/mol. The van der Waals surface area contributed by atoms with E-state index in [9.17, 15) is 4.79 Å². The normalized spacial score (nSPS) is 17.5. The van der Waals surface area contributed by atoms with Crippen LogP contribution in [0.1, 0.15) is 45.7 Å². The summed E-state index contributed by atoms with van der Waals surface area (Å²) in [4.78, 5) is 23.4. The van der Waals surface area contributed by atoms with Gasteiger partial charge in [-0.15, -0.1) is 21.5 Å². The van der Waals surface area contributed by atoms with Crippen LogP contribution in [0.2, 0.25) is 0 Å². The number of tetrazole rings is 1. The van der Waals surface area contributed by atoms with E-state index in [1.54, 1.807) is 11.3 Å². The van der Waals surface area contributed by atoms with E-state index >= 15 is 0 Å². The Kier molecular flexibility index (Phi) is 6.14. The zero-order chi connectivity index (χ0) is 19.3. The van der Waals surface area contributed by atoms with Gasteiger partial charge < -0.3 is 20.5 Å². The number of hydrogen-bond donors (Lipinski definition) is 4. The van der Waals surface area contributed by atoms with Gasteiger partial charge in [0, 0.05) is 18.2 Å². The molecule has 1 fully saturated rings. The molecule has 4 heterocycles. The predicted molar refractivity (Wildman–Crippen MR) is 96.4 cm³/mol. The lowest BCUT2D eigenvalue weighted by molar-refractivity contribution is -0.134. The van der Waals surface area contributed by atoms with Crippen molar-refractivity contribution in [1.29, 1.82) is 0 Å². The van der Waals surface area contributed by atoms with Crippen LogP contribution in [0.3, 0.4) is 0 Å². The van der Waals surface area contributed by atoms with Crippen LogP contribution in [0.5, 0.6) is 0 Å². The van der Waals surface area contributed by atoms with Gasteiger partial charge in [-0.05, 0) is 37.6 Å². The third-order valence-corrected chi connectivity index (χ3v) is 5.63. The van der Waals surface area contributed by atoms with E-state index in [1.807, 2.05) is 6.07 Å². The number of fused-ring (bicyclic) bond motifs is 2. The fourth-order valence-electron chi connectivity index (χ4n) is 3.28. The first-order valence-corrected chi connectivity index (χ1v) is 9.50. The van der Waals surface area contributed by atoms with Crippen molar-refractivity contribution in [2.45, 2.75) is 38.3 Å². The Morgan fingerprint density at radius 2 is 2.15 bits per heavy atom. The van der Waals surface area contributed by atoms with Gasteiger partial charge in [0.15, 0.2) is 5.82 Å². The van der Waals surface area contributed by atoms with Gasteiger partial charge >= 0.3 is 0 Å². The monoisotopic (exact) mass is 394 g/mol. The van der Waals surface area contributed by atoms with Crippen LogP contribution >= 0.6 is 11.3 Å². The van der Waals surface area contributed by atoms with Crippen LogP contribution < -0.4 is 10.6 Å². The van der Waals surface area contributed by atoms with Crippen molar-refractivity contribution in [3.05, 3.63) is 27.2 Å². The van der Waals surface area contributed by atoms with Crippen molar-refractivity contribution in [3.8, 4) is 0 Å². The van der Waals surface area contributed by atoms with Crippen molar-refractivity contribution < 1.29 is 19.4 Å². The van der Waals surface area contributed by atoms with E-state index in [4.69, 9.17) is 14.6 Å². The van der Waals surface area contributed by atoms with Gasteiger partial charge in [0.1, 0.15) is 0 Å². The summed E-state index contributed by atoms with van der Waals surface area (Å²) >= 11 is 1.57. The standard InChI is InChI=1S/C14H18N6O2S.C2H4O2/c21-13(16-8-12-17-19-20-18-12)11-7-9-10(23-11)1-6-22-14(9)2-4-15-5-3-14;1-2(3)4/h7,15H,1-6,8H2,(H,16,21)(H,17,18,19,20);1H3,(H,3,4). The molecule has 146 valence electrons. The second-order valence-electron chi connectivity index (χ2n) is 6.32. The summed E-state index contributed by atoms with van der Waals surface area (Å²) in [6, 6.07) is 2.01. The Bertz CT molecular complexity index is 781. The minimum absolute atomic E-state index is 0.0988. The van der Waals surface area contributed by atoms with Gasteiger partial charge in [-0.1, -0.05) is 5.21 Å². The van der Waals surface area contributed by atoms with Crippen LogP contribution in [0.25, 0.3) is 0 Å². The van der Waals surface area contributed by atoms with E-state index in [2.05, 4.69) is 31.3 Å². The summed E-state index contributed by atoms with van der Waals surface area (Å²) in [6.07, 6.45) is 2.80. The Hall–Kier alpha value is -2.37. The number of carbonyl (C=O) groups is 2. The maximum Gasteiger partial charge on any atom is 0.300 e.